The number of amides is 1. The number of rotatable bonds is 18. The van der Waals surface area contributed by atoms with Crippen molar-refractivity contribution < 1.29 is 14.6 Å². The summed E-state index contributed by atoms with van der Waals surface area (Å²) in [4.78, 5) is 13.1. The van der Waals surface area contributed by atoms with Gasteiger partial charge < -0.3 is 0 Å². The Kier molecular flexibility index (Phi) is 16.2. The first-order valence-electron chi connectivity index (χ1n) is 13.6. The van der Waals surface area contributed by atoms with E-state index in [4.69, 9.17) is 4.74 Å². The monoisotopic (exact) mass is 569 g/mol. The molecule has 2 N–H and O–H groups in total. The number of unbranched alkanes of at least 4 members (excludes halogenated alkanes) is 5. The van der Waals surface area contributed by atoms with Crippen LogP contribution in [0.15, 0.2) is 30.3 Å². The number of carbonyl (C=O) groups excluding carboxylic acids is 1. The zero-order valence-corrected chi connectivity index (χ0v) is 24.9. The van der Waals surface area contributed by atoms with Crippen LogP contribution in [0, 0.1) is 0 Å². The van der Waals surface area contributed by atoms with Crippen LogP contribution in [0.3, 0.4) is 0 Å². The Hall–Kier alpha value is -0.751. The van der Waals surface area contributed by atoms with Gasteiger partial charge in [-0.15, -0.1) is 0 Å². The molecule has 33 heavy (non-hydrogen) atoms. The maximum atomic E-state index is 13.1. The van der Waals surface area contributed by atoms with Crippen LogP contribution in [0.4, 0.5) is 4.79 Å². The first-order valence-corrected chi connectivity index (χ1v) is 21.3. The minimum absolute atomic E-state index is 0.136. The fraction of sp³-hybridized carbons (Fsp3) is 0.750. The molecular weight excluding hydrogens is 517 g/mol. The summed E-state index contributed by atoms with van der Waals surface area (Å²) in [6, 6.07) is 9.13. The number of carbonyl (C=O) groups is 1. The summed E-state index contributed by atoms with van der Waals surface area (Å²) >= 11 is -2.73. The molecule has 0 aromatic heterocycles. The third-order valence-corrected chi connectivity index (χ3v) is 23.7. The third-order valence-electron chi connectivity index (χ3n) is 7.05. The summed E-state index contributed by atoms with van der Waals surface area (Å²) in [7, 11) is 0. The van der Waals surface area contributed by atoms with E-state index in [1.54, 1.807) is 0 Å². The van der Waals surface area contributed by atoms with E-state index in [1.165, 1.54) is 64.7 Å². The fourth-order valence-corrected chi connectivity index (χ4v) is 22.2. The van der Waals surface area contributed by atoms with Crippen LogP contribution >= 0.6 is 0 Å². The van der Waals surface area contributed by atoms with Crippen LogP contribution in [0.5, 0.6) is 0 Å². The zero-order chi connectivity index (χ0) is 24.5. The van der Waals surface area contributed by atoms with Gasteiger partial charge in [-0.1, -0.05) is 0 Å². The fourth-order valence-electron chi connectivity index (χ4n) is 4.88. The average molecular weight is 568 g/mol. The van der Waals surface area contributed by atoms with E-state index in [1.807, 2.05) is 37.3 Å². The van der Waals surface area contributed by atoms with E-state index in [9.17, 15) is 9.90 Å². The van der Waals surface area contributed by atoms with Crippen molar-refractivity contribution in [1.82, 2.24) is 5.32 Å². The van der Waals surface area contributed by atoms with Crippen molar-refractivity contribution in [2.75, 3.05) is 0 Å². The molecule has 1 aromatic carbocycles. The molecular formula is C28H51NO3Sn. The van der Waals surface area contributed by atoms with Crippen LogP contribution in [-0.2, 0) is 4.74 Å². The van der Waals surface area contributed by atoms with Crippen LogP contribution in [0.1, 0.15) is 110 Å². The maximum absolute atomic E-state index is 13.1. The van der Waals surface area contributed by atoms with E-state index in [0.717, 1.165) is 18.4 Å². The summed E-state index contributed by atoms with van der Waals surface area (Å²) in [5.74, 6) is 0. The first-order chi connectivity index (χ1) is 15.9. The molecule has 1 amide bonds. The summed E-state index contributed by atoms with van der Waals surface area (Å²) in [6.07, 6.45) is 10.9. The van der Waals surface area contributed by atoms with E-state index in [2.05, 4.69) is 33.0 Å². The number of aliphatic hydroxyl groups is 1. The average Bonchev–Trinajstić information content (AvgIpc) is 2.83. The molecule has 0 unspecified atom stereocenters. The molecule has 1 aromatic rings. The van der Waals surface area contributed by atoms with E-state index < -0.39 is 30.5 Å². The number of alkyl carbamates (subject to hydrolysis) is 1. The number of hydrogen-bond acceptors (Lipinski definition) is 3. The van der Waals surface area contributed by atoms with Gasteiger partial charge in [0.1, 0.15) is 0 Å². The molecule has 1 rings (SSSR count). The Balaban J connectivity index is 3.02. The molecule has 0 saturated heterocycles. The Labute approximate surface area is 208 Å². The van der Waals surface area contributed by atoms with Gasteiger partial charge in [-0.25, -0.2) is 0 Å². The van der Waals surface area contributed by atoms with Crippen molar-refractivity contribution in [3.05, 3.63) is 35.9 Å². The molecule has 3 atom stereocenters. The Morgan fingerprint density at radius 1 is 0.879 bits per heavy atom. The van der Waals surface area contributed by atoms with Gasteiger partial charge in [0, 0.05) is 0 Å². The van der Waals surface area contributed by atoms with Crippen molar-refractivity contribution >= 4 is 24.5 Å². The van der Waals surface area contributed by atoms with Crippen molar-refractivity contribution in [2.45, 2.75) is 128 Å². The Bertz CT molecular complexity index is 603. The molecule has 5 heteroatoms. The number of nitrogens with one attached hydrogen (secondary N) is 1. The molecule has 4 nitrogen and oxygen atoms in total. The van der Waals surface area contributed by atoms with Crippen LogP contribution in [0.2, 0.25) is 13.3 Å². The minimum atomic E-state index is -2.73. The van der Waals surface area contributed by atoms with Crippen molar-refractivity contribution in [2.24, 2.45) is 0 Å². The summed E-state index contributed by atoms with van der Waals surface area (Å²) in [6.45, 7) is 10.9. The molecule has 0 heterocycles. The van der Waals surface area contributed by atoms with Crippen LogP contribution < -0.4 is 5.32 Å². The molecule has 0 aliphatic rings. The number of ether oxygens (including phenoxy) is 1. The summed E-state index contributed by atoms with van der Waals surface area (Å²) in [5.41, 5.74) is 0.812. The second-order valence-corrected chi connectivity index (χ2v) is 23.7. The van der Waals surface area contributed by atoms with Gasteiger partial charge in [0.25, 0.3) is 0 Å². The van der Waals surface area contributed by atoms with Gasteiger partial charge in [0.2, 0.25) is 0 Å². The SMILES string of the molecule is CCCCC[C@@H](OC(=O)N[C@H](C)[C@@H](O)c1ccccc1)[Sn]([CH2]CCC)([CH2]CCC)[CH2]CCC. The van der Waals surface area contributed by atoms with Gasteiger partial charge in [0.15, 0.2) is 0 Å². The Morgan fingerprint density at radius 3 is 1.88 bits per heavy atom. The normalized spacial score (nSPS) is 14.5. The number of benzene rings is 1. The van der Waals surface area contributed by atoms with Crippen molar-refractivity contribution in [1.29, 1.82) is 0 Å². The topological polar surface area (TPSA) is 58.6 Å². The van der Waals surface area contributed by atoms with E-state index in [-0.39, 0.29) is 10.2 Å². The quantitative estimate of drug-likeness (QED) is 0.139. The predicted molar refractivity (Wildman–Crippen MR) is 143 cm³/mol. The van der Waals surface area contributed by atoms with Gasteiger partial charge >= 0.3 is 209 Å². The van der Waals surface area contributed by atoms with E-state index in [0.29, 0.717) is 0 Å². The molecule has 190 valence electrons. The van der Waals surface area contributed by atoms with Gasteiger partial charge in [-0.3, -0.25) is 0 Å². The van der Waals surface area contributed by atoms with Gasteiger partial charge in [-0.2, -0.15) is 0 Å². The van der Waals surface area contributed by atoms with Gasteiger partial charge in [-0.05, 0) is 0 Å². The summed E-state index contributed by atoms with van der Waals surface area (Å²) in [5, 5.41) is 13.7. The molecule has 0 aliphatic carbocycles. The van der Waals surface area contributed by atoms with Crippen LogP contribution in [-0.4, -0.2) is 39.7 Å². The first kappa shape index (κ1) is 30.3. The molecule has 0 bridgehead atoms. The second-order valence-electron chi connectivity index (χ2n) is 9.85. The molecule has 0 spiro atoms. The van der Waals surface area contributed by atoms with Crippen molar-refractivity contribution in [3.63, 3.8) is 0 Å². The Morgan fingerprint density at radius 2 is 1.39 bits per heavy atom. The third kappa shape index (κ3) is 11.0. The van der Waals surface area contributed by atoms with Crippen LogP contribution in [0.25, 0.3) is 0 Å². The molecule has 0 aliphatic heterocycles. The molecule has 0 fully saturated rings. The predicted octanol–water partition coefficient (Wildman–Crippen LogP) is 8.17. The van der Waals surface area contributed by atoms with Crippen molar-refractivity contribution in [3.8, 4) is 0 Å². The van der Waals surface area contributed by atoms with Gasteiger partial charge in [0.05, 0.1) is 0 Å². The molecule has 0 radical (unpaired) electrons. The second kappa shape index (κ2) is 17.6. The van der Waals surface area contributed by atoms with E-state index >= 15 is 0 Å². The summed E-state index contributed by atoms with van der Waals surface area (Å²) < 4.78 is 10.5. The number of aliphatic hydroxyl groups excluding tert-OH is 1. The molecule has 0 saturated carbocycles. The zero-order valence-electron chi connectivity index (χ0n) is 22.1. The standard InChI is InChI=1S/C16H24NO3.3C4H9.Sn/c1-3-4-5-9-12-20-16(19)17-13(2)15(18)14-10-7-6-8-11-14;3*1-3-4-2;/h6-8,10-13,15,18H,3-5,9H2,1-2H3,(H,17,19);3*1,3-4H2,2H3;/t13-,15-;;;;/m1..../s1. The number of hydrogen-bond donors (Lipinski definition) is 2.